The van der Waals surface area contributed by atoms with Gasteiger partial charge in [0.15, 0.2) is 0 Å². The van der Waals surface area contributed by atoms with Crippen molar-refractivity contribution in [2.45, 2.75) is 52.4 Å². The first kappa shape index (κ1) is 29.5. The van der Waals surface area contributed by atoms with E-state index in [0.29, 0.717) is 11.6 Å². The largest absolute Gasteiger partial charge is 0.505 e. The second-order valence-electron chi connectivity index (χ2n) is 12.5. The van der Waals surface area contributed by atoms with Crippen molar-refractivity contribution >= 4 is 21.9 Å². The molecule has 0 bridgehead atoms. The van der Waals surface area contributed by atoms with E-state index in [1.165, 1.54) is 0 Å². The summed E-state index contributed by atoms with van der Waals surface area (Å²) < 4.78 is 8.04. The number of ether oxygens (including phenoxy) is 1. The molecule has 6 rings (SSSR count). The molecule has 3 aromatic carbocycles. The zero-order valence-corrected chi connectivity index (χ0v) is 26.9. The number of hydrogen-bond acceptors (Lipinski definition) is 4. The first-order valence-corrected chi connectivity index (χ1v) is 13.9. The molecule has 0 aliphatic heterocycles. The van der Waals surface area contributed by atoms with Crippen LogP contribution in [0.15, 0.2) is 91.1 Å². The molecule has 0 atom stereocenters. The van der Waals surface area contributed by atoms with Gasteiger partial charge in [-0.1, -0.05) is 90.1 Å². The summed E-state index contributed by atoms with van der Waals surface area (Å²) in [7, 11) is 0. The first-order valence-electron chi connectivity index (χ1n) is 13.9. The van der Waals surface area contributed by atoms with Crippen LogP contribution in [-0.2, 0) is 31.9 Å². The van der Waals surface area contributed by atoms with Crippen LogP contribution in [0.4, 0.5) is 0 Å². The van der Waals surface area contributed by atoms with Crippen LogP contribution in [0.25, 0.3) is 38.9 Å². The molecule has 0 radical (unpaired) electrons. The van der Waals surface area contributed by atoms with Crippen molar-refractivity contribution in [1.82, 2.24) is 14.5 Å². The second-order valence-corrected chi connectivity index (χ2v) is 12.5. The smallest absolute Gasteiger partial charge is 0.217 e. The average Bonchev–Trinajstić information content (AvgIpc) is 3.26. The third-order valence-electron chi connectivity index (χ3n) is 7.42. The standard InChI is InChI=1S/C36H34N3O2.Pt/c1-35(2,3)24-21-28(36(4,5)6)33(40)31(22-24)39-30-15-8-7-14-26(30)27-17-18-29(38-34(27)39)23-12-11-13-25(20-23)41-32-16-9-10-19-37-32;/h7-19,21-22,40H,1-6H3;/q-1;. The van der Waals surface area contributed by atoms with Crippen molar-refractivity contribution < 1.29 is 30.9 Å². The van der Waals surface area contributed by atoms with Crippen molar-refractivity contribution in [3.05, 3.63) is 108 Å². The van der Waals surface area contributed by atoms with Gasteiger partial charge in [0, 0.05) is 55.4 Å². The fourth-order valence-electron chi connectivity index (χ4n) is 5.20. The molecule has 216 valence electrons. The molecule has 0 aliphatic carbocycles. The van der Waals surface area contributed by atoms with Gasteiger partial charge >= 0.3 is 0 Å². The van der Waals surface area contributed by atoms with Crippen LogP contribution < -0.4 is 4.74 Å². The Balaban J connectivity index is 0.00000353. The number of phenolic OH excluding ortho intramolecular Hbond substituents is 1. The Morgan fingerprint density at radius 1 is 0.786 bits per heavy atom. The predicted octanol–water partition coefficient (Wildman–Crippen LogP) is 9.13. The maximum atomic E-state index is 11.8. The van der Waals surface area contributed by atoms with E-state index in [0.717, 1.165) is 50.0 Å². The zero-order valence-electron chi connectivity index (χ0n) is 24.7. The number of hydrogen-bond donors (Lipinski definition) is 1. The zero-order chi connectivity index (χ0) is 28.9. The van der Waals surface area contributed by atoms with Gasteiger partial charge in [0.1, 0.15) is 11.4 Å². The summed E-state index contributed by atoms with van der Waals surface area (Å²) in [6, 6.07) is 31.3. The minimum Gasteiger partial charge on any atom is -0.505 e. The number of aromatic nitrogens is 3. The molecule has 0 saturated carbocycles. The van der Waals surface area contributed by atoms with E-state index in [2.05, 4.69) is 87.5 Å². The van der Waals surface area contributed by atoms with Crippen LogP contribution in [0.5, 0.6) is 17.4 Å². The monoisotopic (exact) mass is 735 g/mol. The summed E-state index contributed by atoms with van der Waals surface area (Å²) in [5, 5.41) is 13.9. The Kier molecular flexibility index (Phi) is 7.76. The van der Waals surface area contributed by atoms with Crippen molar-refractivity contribution in [3.63, 3.8) is 0 Å². The quantitative estimate of drug-likeness (QED) is 0.184. The Morgan fingerprint density at radius 3 is 2.26 bits per heavy atom. The molecule has 6 aromatic rings. The molecule has 3 aromatic heterocycles. The van der Waals surface area contributed by atoms with E-state index in [4.69, 9.17) is 9.72 Å². The number of para-hydroxylation sites is 1. The molecule has 1 N–H and O–H groups in total. The fourth-order valence-corrected chi connectivity index (χ4v) is 5.20. The van der Waals surface area contributed by atoms with E-state index in [9.17, 15) is 5.11 Å². The molecule has 0 saturated heterocycles. The summed E-state index contributed by atoms with van der Waals surface area (Å²) in [4.78, 5) is 9.44. The van der Waals surface area contributed by atoms with Crippen molar-refractivity contribution in [2.75, 3.05) is 0 Å². The van der Waals surface area contributed by atoms with Crippen molar-refractivity contribution in [2.24, 2.45) is 0 Å². The maximum Gasteiger partial charge on any atom is 0.217 e. The third-order valence-corrected chi connectivity index (χ3v) is 7.42. The molecule has 0 fully saturated rings. The average molecular weight is 736 g/mol. The van der Waals surface area contributed by atoms with Gasteiger partial charge < -0.3 is 9.84 Å². The molecule has 42 heavy (non-hydrogen) atoms. The molecular weight excluding hydrogens is 701 g/mol. The Labute approximate surface area is 261 Å². The SMILES string of the molecule is CC(C)(C)c1cc(-n2c3ccccc3c3ccc(-c4[c-]c(Oc5ccccn5)ccc4)nc32)c(O)c(C(C)(C)C)c1.[Pt]. The maximum absolute atomic E-state index is 11.8. The number of aromatic hydroxyl groups is 1. The van der Waals surface area contributed by atoms with Gasteiger partial charge in [0.05, 0.1) is 11.2 Å². The predicted molar refractivity (Wildman–Crippen MR) is 166 cm³/mol. The normalized spacial score (nSPS) is 12.0. The van der Waals surface area contributed by atoms with Crippen LogP contribution in [0.1, 0.15) is 52.7 Å². The van der Waals surface area contributed by atoms with Crippen LogP contribution >= 0.6 is 0 Å². The molecular formula is C36H34N3O2Pt-. The Morgan fingerprint density at radius 2 is 1.55 bits per heavy atom. The molecule has 6 heteroatoms. The van der Waals surface area contributed by atoms with Crippen LogP contribution in [0, 0.1) is 6.07 Å². The number of phenols is 1. The topological polar surface area (TPSA) is 60.2 Å². The molecule has 0 aliphatic rings. The van der Waals surface area contributed by atoms with E-state index in [-0.39, 0.29) is 37.6 Å². The number of pyridine rings is 2. The minimum atomic E-state index is -0.250. The number of fused-ring (bicyclic) bond motifs is 3. The Hall–Kier alpha value is -3.95. The van der Waals surface area contributed by atoms with Gasteiger partial charge in [0.2, 0.25) is 5.88 Å². The molecule has 0 spiro atoms. The number of benzene rings is 3. The van der Waals surface area contributed by atoms with Gasteiger partial charge in [0.25, 0.3) is 0 Å². The van der Waals surface area contributed by atoms with Crippen LogP contribution in [0.3, 0.4) is 0 Å². The van der Waals surface area contributed by atoms with Crippen LogP contribution in [0.2, 0.25) is 0 Å². The van der Waals surface area contributed by atoms with Gasteiger partial charge in [-0.2, -0.15) is 0 Å². The summed E-state index contributed by atoms with van der Waals surface area (Å²) in [6.07, 6.45) is 1.70. The molecule has 3 heterocycles. The second kappa shape index (κ2) is 11.0. The summed E-state index contributed by atoms with van der Waals surface area (Å²) in [6.45, 7) is 13.0. The number of rotatable bonds is 4. The third kappa shape index (κ3) is 5.46. The first-order chi connectivity index (χ1) is 19.5. The fraction of sp³-hybridized carbons (Fsp3) is 0.222. The van der Waals surface area contributed by atoms with Gasteiger partial charge in [-0.05, 0) is 40.3 Å². The molecule has 5 nitrogen and oxygen atoms in total. The van der Waals surface area contributed by atoms with E-state index in [1.54, 1.807) is 6.20 Å². The summed E-state index contributed by atoms with van der Waals surface area (Å²) in [5.74, 6) is 1.35. The van der Waals surface area contributed by atoms with E-state index in [1.807, 2.05) is 54.6 Å². The number of nitrogens with zero attached hydrogens (tertiary/aromatic N) is 3. The van der Waals surface area contributed by atoms with E-state index >= 15 is 0 Å². The van der Waals surface area contributed by atoms with Gasteiger partial charge in [-0.3, -0.25) is 9.55 Å². The molecule has 0 amide bonds. The van der Waals surface area contributed by atoms with Crippen molar-refractivity contribution in [3.8, 4) is 34.3 Å². The Bertz CT molecular complexity index is 1900. The van der Waals surface area contributed by atoms with E-state index < -0.39 is 0 Å². The van der Waals surface area contributed by atoms with Gasteiger partial charge in [-0.15, -0.1) is 23.8 Å². The summed E-state index contributed by atoms with van der Waals surface area (Å²) >= 11 is 0. The van der Waals surface area contributed by atoms with Gasteiger partial charge in [-0.25, -0.2) is 4.98 Å². The summed E-state index contributed by atoms with van der Waals surface area (Å²) in [5.41, 5.74) is 5.77. The minimum absolute atomic E-state index is 0. The molecule has 0 unspecified atom stereocenters. The van der Waals surface area contributed by atoms with Crippen molar-refractivity contribution in [1.29, 1.82) is 0 Å². The van der Waals surface area contributed by atoms with Crippen LogP contribution in [-0.4, -0.2) is 19.6 Å².